The lowest BCUT2D eigenvalue weighted by Crippen LogP contribution is -2.18. The number of halogens is 1. The summed E-state index contributed by atoms with van der Waals surface area (Å²) in [4.78, 5) is 15.9. The van der Waals surface area contributed by atoms with Crippen LogP contribution in [-0.4, -0.2) is 10.9 Å². The maximum atomic E-state index is 11.8. The summed E-state index contributed by atoms with van der Waals surface area (Å²) in [6.07, 6.45) is 3.24. The Morgan fingerprint density at radius 2 is 2.11 bits per heavy atom. The summed E-state index contributed by atoms with van der Waals surface area (Å²) in [5, 5.41) is 2.86. The molecule has 0 aromatic carbocycles. The fourth-order valence-electron chi connectivity index (χ4n) is 2.10. The van der Waals surface area contributed by atoms with Gasteiger partial charge in [0.1, 0.15) is 4.60 Å². The molecular weight excluding hydrogens is 292 g/mol. The molecule has 1 rings (SSSR count). The molecular formula is C14H21BrN2O. The first-order chi connectivity index (χ1) is 8.26. The van der Waals surface area contributed by atoms with Gasteiger partial charge in [0, 0.05) is 6.42 Å². The highest BCUT2D eigenvalue weighted by molar-refractivity contribution is 9.10. The highest BCUT2D eigenvalue weighted by atomic mass is 79.9. The van der Waals surface area contributed by atoms with Crippen molar-refractivity contribution in [1.82, 2.24) is 4.98 Å². The molecule has 1 aromatic heterocycles. The van der Waals surface area contributed by atoms with E-state index in [2.05, 4.69) is 53.9 Å². The summed E-state index contributed by atoms with van der Waals surface area (Å²) < 4.78 is 0.765. The van der Waals surface area contributed by atoms with E-state index >= 15 is 0 Å². The topological polar surface area (TPSA) is 42.0 Å². The molecule has 0 fully saturated rings. The number of carbonyl (C=O) groups excluding carboxylic acids is 1. The van der Waals surface area contributed by atoms with Crippen LogP contribution in [0.1, 0.15) is 40.5 Å². The van der Waals surface area contributed by atoms with Crippen molar-refractivity contribution in [3.05, 3.63) is 22.9 Å². The summed E-state index contributed by atoms with van der Waals surface area (Å²) in [5.74, 6) is 0.435. The second-order valence-electron chi connectivity index (χ2n) is 5.99. The van der Waals surface area contributed by atoms with E-state index in [1.54, 1.807) is 6.20 Å². The van der Waals surface area contributed by atoms with Crippen LogP contribution in [0.2, 0.25) is 0 Å². The first-order valence-corrected chi connectivity index (χ1v) is 6.97. The smallest absolute Gasteiger partial charge is 0.224 e. The Morgan fingerprint density at radius 1 is 1.44 bits per heavy atom. The van der Waals surface area contributed by atoms with Crippen molar-refractivity contribution in [1.29, 1.82) is 0 Å². The third-order valence-corrected chi connectivity index (χ3v) is 2.97. The SMILES string of the molecule is CC(CC(=O)Nc1ccc(Br)nc1)CC(C)(C)C. The van der Waals surface area contributed by atoms with Crippen molar-refractivity contribution in [2.75, 3.05) is 5.32 Å². The van der Waals surface area contributed by atoms with Crippen molar-refractivity contribution in [3.8, 4) is 0 Å². The van der Waals surface area contributed by atoms with Gasteiger partial charge in [-0.1, -0.05) is 27.7 Å². The van der Waals surface area contributed by atoms with Gasteiger partial charge in [0.05, 0.1) is 11.9 Å². The lowest BCUT2D eigenvalue weighted by Gasteiger charge is -2.22. The van der Waals surface area contributed by atoms with Crippen LogP contribution in [0.3, 0.4) is 0 Å². The zero-order valence-corrected chi connectivity index (χ0v) is 13.0. The number of amides is 1. The van der Waals surface area contributed by atoms with Crippen LogP contribution in [0.4, 0.5) is 5.69 Å². The molecule has 100 valence electrons. The molecule has 18 heavy (non-hydrogen) atoms. The molecule has 1 atom stereocenters. The Morgan fingerprint density at radius 3 is 2.61 bits per heavy atom. The zero-order chi connectivity index (χ0) is 13.8. The van der Waals surface area contributed by atoms with Gasteiger partial charge in [-0.25, -0.2) is 4.98 Å². The second kappa shape index (κ2) is 6.32. The molecule has 1 N–H and O–H groups in total. The molecule has 0 saturated heterocycles. The Bertz CT molecular complexity index is 395. The fraction of sp³-hybridized carbons (Fsp3) is 0.571. The minimum Gasteiger partial charge on any atom is -0.325 e. The van der Waals surface area contributed by atoms with Gasteiger partial charge in [-0.2, -0.15) is 0 Å². The van der Waals surface area contributed by atoms with E-state index in [0.29, 0.717) is 12.3 Å². The van der Waals surface area contributed by atoms with E-state index in [9.17, 15) is 4.79 Å². The maximum absolute atomic E-state index is 11.8. The minimum absolute atomic E-state index is 0.0517. The Labute approximate surface area is 118 Å². The molecule has 3 nitrogen and oxygen atoms in total. The van der Waals surface area contributed by atoms with Gasteiger partial charge in [0.15, 0.2) is 0 Å². The van der Waals surface area contributed by atoms with E-state index in [0.717, 1.165) is 16.7 Å². The summed E-state index contributed by atoms with van der Waals surface area (Å²) in [6, 6.07) is 3.65. The third kappa shape index (κ3) is 6.15. The van der Waals surface area contributed by atoms with Gasteiger partial charge in [0.2, 0.25) is 5.91 Å². The average Bonchev–Trinajstić information content (AvgIpc) is 2.18. The van der Waals surface area contributed by atoms with E-state index < -0.39 is 0 Å². The molecule has 1 heterocycles. The third-order valence-electron chi connectivity index (χ3n) is 2.51. The fourth-order valence-corrected chi connectivity index (χ4v) is 2.33. The molecule has 0 aliphatic carbocycles. The molecule has 1 amide bonds. The lowest BCUT2D eigenvalue weighted by atomic mass is 9.84. The van der Waals surface area contributed by atoms with Crippen LogP contribution >= 0.6 is 15.9 Å². The van der Waals surface area contributed by atoms with Crippen molar-refractivity contribution in [3.63, 3.8) is 0 Å². The standard InChI is InChI=1S/C14H21BrN2O/c1-10(8-14(2,3)4)7-13(18)17-11-5-6-12(15)16-9-11/h5-6,9-10H,7-8H2,1-4H3,(H,17,18). The van der Waals surface area contributed by atoms with Gasteiger partial charge in [0.25, 0.3) is 0 Å². The molecule has 0 aliphatic rings. The first-order valence-electron chi connectivity index (χ1n) is 6.18. The number of nitrogens with one attached hydrogen (secondary N) is 1. The first kappa shape index (κ1) is 15.2. The Hall–Kier alpha value is -0.900. The Kier molecular flexibility index (Phi) is 5.32. The van der Waals surface area contributed by atoms with E-state index in [4.69, 9.17) is 0 Å². The highest BCUT2D eigenvalue weighted by Gasteiger charge is 2.17. The summed E-state index contributed by atoms with van der Waals surface area (Å²) in [5.41, 5.74) is 1.00. The van der Waals surface area contributed by atoms with E-state index in [1.165, 1.54) is 0 Å². The number of carbonyl (C=O) groups is 1. The van der Waals surface area contributed by atoms with Crippen LogP contribution in [0.25, 0.3) is 0 Å². The number of pyridine rings is 1. The molecule has 0 radical (unpaired) electrons. The second-order valence-corrected chi connectivity index (χ2v) is 6.80. The number of anilines is 1. The number of hydrogen-bond donors (Lipinski definition) is 1. The molecule has 0 aliphatic heterocycles. The molecule has 0 bridgehead atoms. The number of nitrogens with zero attached hydrogens (tertiary/aromatic N) is 1. The summed E-state index contributed by atoms with van der Waals surface area (Å²) in [6.45, 7) is 8.70. The predicted molar refractivity (Wildman–Crippen MR) is 78.4 cm³/mol. The monoisotopic (exact) mass is 312 g/mol. The molecule has 1 unspecified atom stereocenters. The van der Waals surface area contributed by atoms with Crippen LogP contribution in [0, 0.1) is 11.3 Å². The van der Waals surface area contributed by atoms with Crippen LogP contribution in [-0.2, 0) is 4.79 Å². The van der Waals surface area contributed by atoms with Crippen molar-refractivity contribution in [2.45, 2.75) is 40.5 Å². The molecule has 4 heteroatoms. The molecule has 0 saturated carbocycles. The Balaban J connectivity index is 2.44. The number of rotatable bonds is 4. The highest BCUT2D eigenvalue weighted by Crippen LogP contribution is 2.26. The zero-order valence-electron chi connectivity index (χ0n) is 11.5. The molecule has 1 aromatic rings. The minimum atomic E-state index is 0.0517. The van der Waals surface area contributed by atoms with Gasteiger partial charge in [-0.15, -0.1) is 0 Å². The van der Waals surface area contributed by atoms with Gasteiger partial charge in [-0.3, -0.25) is 4.79 Å². The summed E-state index contributed by atoms with van der Waals surface area (Å²) >= 11 is 3.26. The summed E-state index contributed by atoms with van der Waals surface area (Å²) in [7, 11) is 0. The van der Waals surface area contributed by atoms with Crippen LogP contribution < -0.4 is 5.32 Å². The average molecular weight is 313 g/mol. The maximum Gasteiger partial charge on any atom is 0.224 e. The van der Waals surface area contributed by atoms with Crippen LogP contribution in [0.5, 0.6) is 0 Å². The van der Waals surface area contributed by atoms with Crippen molar-refractivity contribution >= 4 is 27.5 Å². The number of hydrogen-bond acceptors (Lipinski definition) is 2. The van der Waals surface area contributed by atoms with Crippen molar-refractivity contribution < 1.29 is 4.79 Å². The quantitative estimate of drug-likeness (QED) is 0.845. The van der Waals surface area contributed by atoms with E-state index in [-0.39, 0.29) is 11.3 Å². The lowest BCUT2D eigenvalue weighted by molar-refractivity contribution is -0.117. The number of aromatic nitrogens is 1. The van der Waals surface area contributed by atoms with Gasteiger partial charge >= 0.3 is 0 Å². The van der Waals surface area contributed by atoms with Gasteiger partial charge in [-0.05, 0) is 45.8 Å². The predicted octanol–water partition coefficient (Wildman–Crippen LogP) is 4.25. The van der Waals surface area contributed by atoms with Gasteiger partial charge < -0.3 is 5.32 Å². The van der Waals surface area contributed by atoms with Crippen molar-refractivity contribution in [2.24, 2.45) is 11.3 Å². The van der Waals surface area contributed by atoms with E-state index in [1.807, 2.05) is 12.1 Å². The normalized spacial score (nSPS) is 13.2. The van der Waals surface area contributed by atoms with Crippen LogP contribution in [0.15, 0.2) is 22.9 Å². The molecule has 0 spiro atoms. The largest absolute Gasteiger partial charge is 0.325 e.